The van der Waals surface area contributed by atoms with E-state index in [0.717, 1.165) is 0 Å². The Bertz CT molecular complexity index is 598. The molecular formula is C11H16N2O5S. The monoisotopic (exact) mass is 288 g/mol. The lowest BCUT2D eigenvalue weighted by molar-refractivity contribution is -0.144. The minimum atomic E-state index is -3.97. The Morgan fingerprint density at radius 3 is 2.42 bits per heavy atom. The summed E-state index contributed by atoms with van der Waals surface area (Å²) in [7, 11) is -3.97. The van der Waals surface area contributed by atoms with Crippen molar-refractivity contribution in [1.29, 1.82) is 0 Å². The molecule has 0 aromatic carbocycles. The summed E-state index contributed by atoms with van der Waals surface area (Å²) in [5.74, 6) is -1.21. The molecule has 1 aromatic rings. The summed E-state index contributed by atoms with van der Waals surface area (Å²) in [5, 5.41) is 12.9. The first kappa shape index (κ1) is 14.0. The van der Waals surface area contributed by atoms with Crippen molar-refractivity contribution in [1.82, 2.24) is 9.88 Å². The van der Waals surface area contributed by atoms with Crippen molar-refractivity contribution in [3.8, 4) is 0 Å². The Hall–Kier alpha value is -1.41. The zero-order valence-electron chi connectivity index (χ0n) is 10.9. The highest BCUT2D eigenvalue weighted by atomic mass is 32.2. The van der Waals surface area contributed by atoms with Crippen molar-refractivity contribution >= 4 is 16.0 Å². The van der Waals surface area contributed by atoms with E-state index in [0.29, 0.717) is 12.8 Å². The summed E-state index contributed by atoms with van der Waals surface area (Å²) in [5.41, 5.74) is -1.27. The molecule has 0 bridgehead atoms. The van der Waals surface area contributed by atoms with Crippen LogP contribution in [0.2, 0.25) is 0 Å². The Morgan fingerprint density at radius 2 is 2.05 bits per heavy atom. The van der Waals surface area contributed by atoms with E-state index < -0.39 is 21.5 Å². The van der Waals surface area contributed by atoms with Gasteiger partial charge in [0, 0.05) is 0 Å². The Morgan fingerprint density at radius 1 is 1.47 bits per heavy atom. The second-order valence-electron chi connectivity index (χ2n) is 5.04. The minimum absolute atomic E-state index is 0.0828. The number of carbonyl (C=O) groups is 1. The van der Waals surface area contributed by atoms with E-state index >= 15 is 0 Å². The van der Waals surface area contributed by atoms with Gasteiger partial charge < -0.3 is 9.63 Å². The summed E-state index contributed by atoms with van der Waals surface area (Å²) in [4.78, 5) is 11.3. The van der Waals surface area contributed by atoms with Crippen LogP contribution in [-0.4, -0.2) is 30.2 Å². The summed E-state index contributed by atoms with van der Waals surface area (Å²) in [6.07, 6.45) is 1.40. The van der Waals surface area contributed by atoms with Crippen LogP contribution in [0.15, 0.2) is 9.42 Å². The molecule has 0 saturated heterocycles. The summed E-state index contributed by atoms with van der Waals surface area (Å²) < 4.78 is 31.7. The molecule has 1 aliphatic rings. The standard InChI is InChI=1S/C11H16N2O5S/c1-6-9(7(2)18-12-6)19(16,17)13-11(3,10(14)15)8-4-5-8/h8,13H,4-5H2,1-3H3,(H,14,15). The van der Waals surface area contributed by atoms with E-state index in [2.05, 4.69) is 9.88 Å². The summed E-state index contributed by atoms with van der Waals surface area (Å²) >= 11 is 0. The normalized spacial score (nSPS) is 19.1. The fourth-order valence-corrected chi connectivity index (χ4v) is 3.91. The molecular weight excluding hydrogens is 272 g/mol. The smallest absolute Gasteiger partial charge is 0.324 e. The lowest BCUT2D eigenvalue weighted by Crippen LogP contribution is -2.53. The molecule has 0 amide bonds. The topological polar surface area (TPSA) is 110 Å². The first-order chi connectivity index (χ1) is 8.68. The van der Waals surface area contributed by atoms with Gasteiger partial charge >= 0.3 is 5.97 Å². The fraction of sp³-hybridized carbons (Fsp3) is 0.636. The molecule has 19 heavy (non-hydrogen) atoms. The number of sulfonamides is 1. The van der Waals surface area contributed by atoms with Crippen LogP contribution in [0.4, 0.5) is 0 Å². The van der Waals surface area contributed by atoms with Crippen molar-refractivity contribution in [2.75, 3.05) is 0 Å². The van der Waals surface area contributed by atoms with Crippen molar-refractivity contribution in [3.63, 3.8) is 0 Å². The molecule has 2 N–H and O–H groups in total. The third-order valence-corrected chi connectivity index (χ3v) is 5.23. The molecule has 8 heteroatoms. The van der Waals surface area contributed by atoms with E-state index in [1.54, 1.807) is 0 Å². The average molecular weight is 288 g/mol. The highest BCUT2D eigenvalue weighted by Crippen LogP contribution is 2.40. The molecule has 1 saturated carbocycles. The number of aliphatic carboxylic acids is 1. The number of nitrogens with zero attached hydrogens (tertiary/aromatic N) is 1. The van der Waals surface area contributed by atoms with Gasteiger partial charge in [0.05, 0.1) is 0 Å². The molecule has 2 rings (SSSR count). The number of hydrogen-bond donors (Lipinski definition) is 2. The first-order valence-corrected chi connectivity index (χ1v) is 7.37. The fourth-order valence-electron chi connectivity index (χ4n) is 2.15. The number of rotatable bonds is 5. The van der Waals surface area contributed by atoms with Gasteiger partial charge in [0.25, 0.3) is 0 Å². The number of aryl methyl sites for hydroxylation is 2. The SMILES string of the molecule is Cc1noc(C)c1S(=O)(=O)NC(C)(C(=O)O)C1CC1. The first-order valence-electron chi connectivity index (χ1n) is 5.88. The van der Waals surface area contributed by atoms with Gasteiger partial charge in [-0.2, -0.15) is 4.72 Å². The zero-order valence-corrected chi connectivity index (χ0v) is 11.7. The van der Waals surface area contributed by atoms with E-state index in [4.69, 9.17) is 4.52 Å². The van der Waals surface area contributed by atoms with Gasteiger partial charge in [0.2, 0.25) is 10.0 Å². The van der Waals surface area contributed by atoms with Gasteiger partial charge in [0.15, 0.2) is 5.76 Å². The zero-order chi connectivity index (χ0) is 14.4. The van der Waals surface area contributed by atoms with E-state index in [-0.39, 0.29) is 22.3 Å². The van der Waals surface area contributed by atoms with Crippen LogP contribution in [0.1, 0.15) is 31.2 Å². The molecule has 1 heterocycles. The molecule has 1 aliphatic carbocycles. The van der Waals surface area contributed by atoms with Crippen molar-refractivity contribution < 1.29 is 22.8 Å². The van der Waals surface area contributed by atoms with Crippen molar-refractivity contribution in [2.24, 2.45) is 5.92 Å². The summed E-state index contributed by atoms with van der Waals surface area (Å²) in [6, 6.07) is 0. The average Bonchev–Trinajstić information content (AvgIpc) is 3.04. The third-order valence-electron chi connectivity index (χ3n) is 3.42. The number of aromatic nitrogens is 1. The van der Waals surface area contributed by atoms with Crippen LogP contribution >= 0.6 is 0 Å². The van der Waals surface area contributed by atoms with Crippen LogP contribution in [0.5, 0.6) is 0 Å². The molecule has 1 unspecified atom stereocenters. The van der Waals surface area contributed by atoms with Crippen LogP contribution < -0.4 is 4.72 Å². The number of hydrogen-bond acceptors (Lipinski definition) is 5. The third kappa shape index (κ3) is 2.37. The van der Waals surface area contributed by atoms with Gasteiger partial charge in [-0.05, 0) is 39.5 Å². The molecule has 1 aromatic heterocycles. The largest absolute Gasteiger partial charge is 0.480 e. The lowest BCUT2D eigenvalue weighted by Gasteiger charge is -2.25. The maximum Gasteiger partial charge on any atom is 0.324 e. The van der Waals surface area contributed by atoms with Crippen LogP contribution in [0, 0.1) is 19.8 Å². The van der Waals surface area contributed by atoms with Gasteiger partial charge in [0.1, 0.15) is 16.1 Å². The van der Waals surface area contributed by atoms with Crippen LogP contribution in [0.3, 0.4) is 0 Å². The number of nitrogens with one attached hydrogen (secondary N) is 1. The van der Waals surface area contributed by atoms with Crippen LogP contribution in [0.25, 0.3) is 0 Å². The molecule has 0 radical (unpaired) electrons. The quantitative estimate of drug-likeness (QED) is 0.830. The number of carboxylic acid groups (broad SMARTS) is 1. The highest BCUT2D eigenvalue weighted by Gasteiger charge is 2.50. The number of carboxylic acids is 1. The lowest BCUT2D eigenvalue weighted by atomic mass is 9.98. The predicted octanol–water partition coefficient (Wildman–Crippen LogP) is 0.823. The maximum absolute atomic E-state index is 12.3. The minimum Gasteiger partial charge on any atom is -0.480 e. The Kier molecular flexibility index (Phi) is 3.18. The molecule has 7 nitrogen and oxygen atoms in total. The van der Waals surface area contributed by atoms with Crippen LogP contribution in [-0.2, 0) is 14.8 Å². The molecule has 1 fully saturated rings. The van der Waals surface area contributed by atoms with Gasteiger partial charge in [-0.25, -0.2) is 8.42 Å². The summed E-state index contributed by atoms with van der Waals surface area (Å²) in [6.45, 7) is 4.37. The Balaban J connectivity index is 2.39. The second kappa shape index (κ2) is 4.31. The van der Waals surface area contributed by atoms with Crippen molar-refractivity contribution in [3.05, 3.63) is 11.5 Å². The molecule has 0 spiro atoms. The maximum atomic E-state index is 12.3. The van der Waals surface area contributed by atoms with Gasteiger partial charge in [-0.3, -0.25) is 4.79 Å². The van der Waals surface area contributed by atoms with Crippen molar-refractivity contribution in [2.45, 2.75) is 44.0 Å². The highest BCUT2D eigenvalue weighted by molar-refractivity contribution is 7.89. The van der Waals surface area contributed by atoms with E-state index in [9.17, 15) is 18.3 Å². The Labute approximate surface area is 111 Å². The molecule has 106 valence electrons. The van der Waals surface area contributed by atoms with E-state index in [1.165, 1.54) is 20.8 Å². The molecule has 0 aliphatic heterocycles. The van der Waals surface area contributed by atoms with Gasteiger partial charge in [-0.15, -0.1) is 0 Å². The predicted molar refractivity (Wildman–Crippen MR) is 65.1 cm³/mol. The second-order valence-corrected chi connectivity index (χ2v) is 6.66. The molecule has 1 atom stereocenters. The van der Waals surface area contributed by atoms with E-state index in [1.807, 2.05) is 0 Å². The van der Waals surface area contributed by atoms with Gasteiger partial charge in [-0.1, -0.05) is 5.16 Å².